The molecule has 9 aromatic carbocycles. The van der Waals surface area contributed by atoms with Crippen molar-refractivity contribution in [2.24, 2.45) is 0 Å². The van der Waals surface area contributed by atoms with Gasteiger partial charge in [0.1, 0.15) is 11.5 Å². The number of ether oxygens (including phenoxy) is 1. The van der Waals surface area contributed by atoms with E-state index in [4.69, 9.17) is 4.74 Å². The summed E-state index contributed by atoms with van der Waals surface area (Å²) in [6, 6.07) is 73.6. The maximum Gasteiger partial charge on any atom is 0.140 e. The van der Waals surface area contributed by atoms with Crippen LogP contribution in [-0.4, -0.2) is 0 Å². The fourth-order valence-corrected chi connectivity index (χ4v) is 10.6. The van der Waals surface area contributed by atoms with Gasteiger partial charge in [-0.3, -0.25) is 0 Å². The van der Waals surface area contributed by atoms with Crippen molar-refractivity contribution in [2.45, 2.75) is 24.7 Å². The predicted molar refractivity (Wildman–Crippen MR) is 239 cm³/mol. The van der Waals surface area contributed by atoms with Gasteiger partial charge in [0.05, 0.1) is 16.8 Å². The van der Waals surface area contributed by atoms with Crippen molar-refractivity contribution in [1.82, 2.24) is 0 Å². The molecule has 2 aliphatic carbocycles. The van der Waals surface area contributed by atoms with Crippen LogP contribution in [0.1, 0.15) is 47.2 Å². The van der Waals surface area contributed by atoms with Crippen LogP contribution in [0.2, 0.25) is 0 Å². The summed E-state index contributed by atoms with van der Waals surface area (Å²) >= 11 is 0. The van der Waals surface area contributed by atoms with Crippen LogP contribution in [0.25, 0.3) is 44.2 Å². The van der Waals surface area contributed by atoms with Gasteiger partial charge < -0.3 is 9.64 Å². The van der Waals surface area contributed by atoms with Gasteiger partial charge in [-0.1, -0.05) is 184 Å². The highest BCUT2D eigenvalue weighted by molar-refractivity contribution is 6.02. The lowest BCUT2D eigenvalue weighted by molar-refractivity contribution is 0.441. The zero-order chi connectivity index (χ0) is 38.6. The number of rotatable bonds is 4. The summed E-state index contributed by atoms with van der Waals surface area (Å²) in [4.78, 5) is 2.53. The first-order valence-electron chi connectivity index (χ1n) is 20.3. The molecule has 1 atom stereocenters. The normalized spacial score (nSPS) is 16.1. The van der Waals surface area contributed by atoms with Gasteiger partial charge in [-0.05, 0) is 80.2 Å². The van der Waals surface area contributed by atoms with Crippen molar-refractivity contribution in [3.05, 3.63) is 234 Å². The Morgan fingerprint density at radius 2 is 1.05 bits per heavy atom. The minimum Gasteiger partial charge on any atom is -0.456 e. The zero-order valence-electron chi connectivity index (χ0n) is 32.4. The Bertz CT molecular complexity index is 3140. The topological polar surface area (TPSA) is 12.5 Å². The molecule has 1 aliphatic heterocycles. The van der Waals surface area contributed by atoms with E-state index in [1.807, 2.05) is 0 Å². The molecule has 58 heavy (non-hydrogen) atoms. The standard InChI is InChI=1S/C56H39NO/c1-55(2)44-24-11-8-22-41(44)42-33-32-38(35-49(42)55)57(50-28-14-10-20-39(50)36-17-4-3-5-18-36)51-29-16-27-47-53(51)43-23-9-12-25-45(43)56(47)46-26-13-15-30-52(46)58-54-40-21-7-6-19-37(40)31-34-48(54)56/h3-35H,1-2H3. The van der Waals surface area contributed by atoms with E-state index in [1.165, 1.54) is 66.6 Å². The minimum absolute atomic E-state index is 0.153. The van der Waals surface area contributed by atoms with Gasteiger partial charge in [-0.25, -0.2) is 0 Å². The van der Waals surface area contributed by atoms with E-state index in [0.717, 1.165) is 39.5 Å². The number of para-hydroxylation sites is 2. The number of nitrogens with zero attached hydrogens (tertiary/aromatic N) is 1. The molecule has 0 N–H and O–H groups in total. The summed E-state index contributed by atoms with van der Waals surface area (Å²) in [6.45, 7) is 4.74. The number of anilines is 3. The SMILES string of the molecule is CC1(C)c2ccccc2-c2ccc(N(c3ccccc3-c3ccccc3)c3cccc4c3-c3ccccc3C43c4ccccc4Oc4c3ccc3ccccc43)cc21. The number of hydrogen-bond acceptors (Lipinski definition) is 2. The first kappa shape index (κ1) is 33.0. The third-order valence-electron chi connectivity index (χ3n) is 13.1. The monoisotopic (exact) mass is 741 g/mol. The average molecular weight is 742 g/mol. The van der Waals surface area contributed by atoms with Crippen LogP contribution in [0.15, 0.2) is 200 Å². The molecule has 0 saturated carbocycles. The van der Waals surface area contributed by atoms with Gasteiger partial charge in [0.15, 0.2) is 0 Å². The lowest BCUT2D eigenvalue weighted by Gasteiger charge is -2.40. The molecule has 1 heterocycles. The summed E-state index contributed by atoms with van der Waals surface area (Å²) in [7, 11) is 0. The molecule has 2 nitrogen and oxygen atoms in total. The molecule has 12 rings (SSSR count). The Balaban J connectivity index is 1.18. The van der Waals surface area contributed by atoms with Crippen molar-refractivity contribution in [1.29, 1.82) is 0 Å². The maximum absolute atomic E-state index is 6.97. The Labute approximate surface area is 339 Å². The highest BCUT2D eigenvalue weighted by atomic mass is 16.5. The van der Waals surface area contributed by atoms with Crippen molar-refractivity contribution in [3.63, 3.8) is 0 Å². The minimum atomic E-state index is -0.609. The van der Waals surface area contributed by atoms with E-state index in [-0.39, 0.29) is 5.41 Å². The van der Waals surface area contributed by atoms with Crippen LogP contribution in [-0.2, 0) is 10.8 Å². The largest absolute Gasteiger partial charge is 0.456 e. The number of hydrogen-bond donors (Lipinski definition) is 0. The van der Waals surface area contributed by atoms with Crippen LogP contribution in [0.4, 0.5) is 17.1 Å². The summed E-state index contributed by atoms with van der Waals surface area (Å²) < 4.78 is 6.97. The van der Waals surface area contributed by atoms with Crippen LogP contribution in [0, 0.1) is 0 Å². The van der Waals surface area contributed by atoms with Gasteiger partial charge in [-0.15, -0.1) is 0 Å². The molecule has 3 aliphatic rings. The Hall–Kier alpha value is -7.16. The third kappa shape index (κ3) is 4.38. The lowest BCUT2D eigenvalue weighted by Crippen LogP contribution is -2.32. The average Bonchev–Trinajstić information content (AvgIpc) is 3.70. The molecular weight excluding hydrogens is 703 g/mol. The molecular formula is C56H39NO. The van der Waals surface area contributed by atoms with E-state index in [0.29, 0.717) is 0 Å². The third-order valence-corrected chi connectivity index (χ3v) is 13.1. The van der Waals surface area contributed by atoms with E-state index < -0.39 is 5.41 Å². The van der Waals surface area contributed by atoms with Crippen molar-refractivity contribution in [3.8, 4) is 44.9 Å². The molecule has 1 spiro atoms. The first-order valence-corrected chi connectivity index (χ1v) is 20.3. The molecule has 0 aromatic heterocycles. The fraction of sp³-hybridized carbons (Fsp3) is 0.0714. The van der Waals surface area contributed by atoms with Gasteiger partial charge in [0.25, 0.3) is 0 Å². The van der Waals surface area contributed by atoms with E-state index in [9.17, 15) is 0 Å². The molecule has 2 heteroatoms. The Kier molecular flexibility index (Phi) is 6.93. The van der Waals surface area contributed by atoms with E-state index in [1.54, 1.807) is 0 Å². The van der Waals surface area contributed by atoms with Crippen LogP contribution < -0.4 is 9.64 Å². The van der Waals surface area contributed by atoms with Gasteiger partial charge >= 0.3 is 0 Å². The quantitative estimate of drug-likeness (QED) is 0.178. The molecule has 0 saturated heterocycles. The predicted octanol–water partition coefficient (Wildman–Crippen LogP) is 14.8. The lowest BCUT2D eigenvalue weighted by atomic mass is 9.65. The van der Waals surface area contributed by atoms with Gasteiger partial charge in [0.2, 0.25) is 0 Å². The smallest absolute Gasteiger partial charge is 0.140 e. The fourth-order valence-electron chi connectivity index (χ4n) is 10.6. The second kappa shape index (κ2) is 12.2. The van der Waals surface area contributed by atoms with Gasteiger partial charge in [-0.2, -0.15) is 0 Å². The van der Waals surface area contributed by atoms with Crippen LogP contribution in [0.3, 0.4) is 0 Å². The number of fused-ring (bicyclic) bond motifs is 14. The Morgan fingerprint density at radius 3 is 1.91 bits per heavy atom. The van der Waals surface area contributed by atoms with Gasteiger partial charge in [0, 0.05) is 38.7 Å². The molecule has 0 fully saturated rings. The molecule has 1 unspecified atom stereocenters. The van der Waals surface area contributed by atoms with Crippen molar-refractivity contribution >= 4 is 27.8 Å². The molecule has 0 amide bonds. The zero-order valence-corrected chi connectivity index (χ0v) is 32.4. The van der Waals surface area contributed by atoms with E-state index in [2.05, 4.69) is 219 Å². The highest BCUT2D eigenvalue weighted by Crippen LogP contribution is 2.65. The van der Waals surface area contributed by atoms with Crippen LogP contribution in [0.5, 0.6) is 11.5 Å². The molecule has 0 bridgehead atoms. The summed E-state index contributed by atoms with van der Waals surface area (Å²) in [6.07, 6.45) is 0. The highest BCUT2D eigenvalue weighted by Gasteiger charge is 2.52. The molecule has 0 radical (unpaired) electrons. The van der Waals surface area contributed by atoms with E-state index >= 15 is 0 Å². The summed E-state index contributed by atoms with van der Waals surface area (Å²) in [5.74, 6) is 1.82. The van der Waals surface area contributed by atoms with Crippen molar-refractivity contribution < 1.29 is 4.74 Å². The van der Waals surface area contributed by atoms with Crippen molar-refractivity contribution in [2.75, 3.05) is 4.90 Å². The Morgan fingerprint density at radius 1 is 0.414 bits per heavy atom. The maximum atomic E-state index is 6.97. The van der Waals surface area contributed by atoms with Crippen LogP contribution >= 0.6 is 0 Å². The molecule has 9 aromatic rings. The first-order chi connectivity index (χ1) is 28.5. The summed E-state index contributed by atoms with van der Waals surface area (Å²) in [5.41, 5.74) is 17.7. The summed E-state index contributed by atoms with van der Waals surface area (Å²) in [5, 5.41) is 2.29. The number of benzene rings is 9. The second-order valence-electron chi connectivity index (χ2n) is 16.4. The second-order valence-corrected chi connectivity index (χ2v) is 16.4. The molecule has 274 valence electrons.